The Bertz CT molecular complexity index is 1350. The topological polar surface area (TPSA) is 85.0 Å². The Morgan fingerprint density at radius 2 is 1.61 bits per heavy atom. The molecule has 2 aromatic heterocycles. The van der Waals surface area contributed by atoms with Gasteiger partial charge in [-0.25, -0.2) is 15.0 Å². The van der Waals surface area contributed by atoms with Crippen molar-refractivity contribution in [1.29, 1.82) is 0 Å². The van der Waals surface area contributed by atoms with Crippen molar-refractivity contribution in [2.75, 3.05) is 19.5 Å². The summed E-state index contributed by atoms with van der Waals surface area (Å²) in [5, 5.41) is 4.21. The number of rotatable bonds is 5. The molecule has 0 radical (unpaired) electrons. The van der Waals surface area contributed by atoms with Crippen LogP contribution in [0.3, 0.4) is 0 Å². The third-order valence-corrected chi connectivity index (χ3v) is 4.93. The van der Waals surface area contributed by atoms with Gasteiger partial charge in [0.25, 0.3) is 0 Å². The standard InChI is InChI=1S/C23H19N5O2.ClH/c1-29-20-11-16-18(12-21(20)30-2)24-13-25-23(16)26-15-8-9-17-19(10-15)28-22(27-17)14-6-4-3-5-7-14;/h3-13H,1-2H3,(H,27,28)(H,24,25,26);1H. The summed E-state index contributed by atoms with van der Waals surface area (Å²) in [6, 6.07) is 19.8. The van der Waals surface area contributed by atoms with Crippen molar-refractivity contribution < 1.29 is 9.47 Å². The number of methoxy groups -OCH3 is 2. The molecular weight excluding hydrogens is 414 g/mol. The van der Waals surface area contributed by atoms with Crippen LogP contribution in [0, 0.1) is 0 Å². The van der Waals surface area contributed by atoms with E-state index in [9.17, 15) is 0 Å². The lowest BCUT2D eigenvalue weighted by Crippen LogP contribution is -1.98. The summed E-state index contributed by atoms with van der Waals surface area (Å²) in [4.78, 5) is 16.9. The van der Waals surface area contributed by atoms with Crippen LogP contribution in [-0.2, 0) is 0 Å². The van der Waals surface area contributed by atoms with Crippen LogP contribution in [-0.4, -0.2) is 34.2 Å². The minimum atomic E-state index is 0. The fraction of sp³-hybridized carbons (Fsp3) is 0.0870. The van der Waals surface area contributed by atoms with Crippen molar-refractivity contribution in [3.8, 4) is 22.9 Å². The van der Waals surface area contributed by atoms with Crippen LogP contribution in [0.2, 0.25) is 0 Å². The Kier molecular flexibility index (Phi) is 5.60. The van der Waals surface area contributed by atoms with Crippen LogP contribution >= 0.6 is 12.4 Å². The van der Waals surface area contributed by atoms with Gasteiger partial charge >= 0.3 is 0 Å². The number of hydrogen-bond acceptors (Lipinski definition) is 6. The van der Waals surface area contributed by atoms with Crippen molar-refractivity contribution in [3.05, 3.63) is 67.0 Å². The van der Waals surface area contributed by atoms with Crippen molar-refractivity contribution in [3.63, 3.8) is 0 Å². The minimum absolute atomic E-state index is 0. The van der Waals surface area contributed by atoms with Crippen LogP contribution in [0.5, 0.6) is 11.5 Å². The van der Waals surface area contributed by atoms with Crippen LogP contribution in [0.15, 0.2) is 67.0 Å². The van der Waals surface area contributed by atoms with Gasteiger partial charge in [-0.05, 0) is 24.3 Å². The van der Waals surface area contributed by atoms with Crippen LogP contribution in [0.4, 0.5) is 11.5 Å². The molecule has 0 saturated carbocycles. The molecule has 0 amide bonds. The highest BCUT2D eigenvalue weighted by Gasteiger charge is 2.12. The molecule has 0 saturated heterocycles. The molecule has 0 aliphatic heterocycles. The number of fused-ring (bicyclic) bond motifs is 2. The first kappa shape index (κ1) is 20.4. The number of aromatic amines is 1. The molecule has 8 heteroatoms. The van der Waals surface area contributed by atoms with E-state index in [-0.39, 0.29) is 12.4 Å². The normalized spacial score (nSPS) is 10.6. The maximum Gasteiger partial charge on any atom is 0.162 e. The minimum Gasteiger partial charge on any atom is -0.493 e. The van der Waals surface area contributed by atoms with Gasteiger partial charge < -0.3 is 19.8 Å². The zero-order valence-corrected chi connectivity index (χ0v) is 17.7. The summed E-state index contributed by atoms with van der Waals surface area (Å²) in [5.41, 5.74) is 4.53. The van der Waals surface area contributed by atoms with Crippen LogP contribution in [0.25, 0.3) is 33.3 Å². The van der Waals surface area contributed by atoms with Crippen LogP contribution < -0.4 is 14.8 Å². The summed E-state index contributed by atoms with van der Waals surface area (Å²) in [7, 11) is 3.21. The third-order valence-electron chi connectivity index (χ3n) is 4.93. The molecule has 0 aliphatic rings. The van der Waals surface area contributed by atoms with Gasteiger partial charge in [0.05, 0.1) is 30.8 Å². The number of hydrogen-bond donors (Lipinski definition) is 2. The third kappa shape index (κ3) is 3.83. The zero-order chi connectivity index (χ0) is 20.5. The molecule has 2 N–H and O–H groups in total. The molecule has 2 heterocycles. The van der Waals surface area contributed by atoms with E-state index in [0.29, 0.717) is 17.3 Å². The van der Waals surface area contributed by atoms with Crippen molar-refractivity contribution in [1.82, 2.24) is 19.9 Å². The van der Waals surface area contributed by atoms with Gasteiger partial charge in [-0.2, -0.15) is 0 Å². The second kappa shape index (κ2) is 8.49. The van der Waals surface area contributed by atoms with Gasteiger partial charge in [-0.15, -0.1) is 12.4 Å². The van der Waals surface area contributed by atoms with Gasteiger partial charge in [0, 0.05) is 22.7 Å². The lowest BCUT2D eigenvalue weighted by molar-refractivity contribution is 0.356. The van der Waals surface area contributed by atoms with E-state index in [2.05, 4.69) is 20.3 Å². The number of benzene rings is 3. The molecule has 0 aliphatic carbocycles. The quantitative estimate of drug-likeness (QED) is 0.388. The maximum atomic E-state index is 5.43. The molecule has 0 spiro atoms. The smallest absolute Gasteiger partial charge is 0.162 e. The van der Waals surface area contributed by atoms with Gasteiger partial charge in [0.2, 0.25) is 0 Å². The van der Waals surface area contributed by atoms with E-state index in [1.54, 1.807) is 14.2 Å². The Hall–Kier alpha value is -3.84. The number of aromatic nitrogens is 4. The molecule has 0 bridgehead atoms. The van der Waals surface area contributed by atoms with E-state index >= 15 is 0 Å². The highest BCUT2D eigenvalue weighted by Crippen LogP contribution is 2.34. The predicted molar refractivity (Wildman–Crippen MR) is 125 cm³/mol. The largest absolute Gasteiger partial charge is 0.493 e. The summed E-state index contributed by atoms with van der Waals surface area (Å²) in [5.74, 6) is 2.77. The van der Waals surface area contributed by atoms with E-state index in [1.807, 2.05) is 60.7 Å². The summed E-state index contributed by atoms with van der Waals surface area (Å²) in [6.07, 6.45) is 1.52. The molecule has 7 nitrogen and oxygen atoms in total. The molecule has 0 fully saturated rings. The Morgan fingerprint density at radius 3 is 2.39 bits per heavy atom. The van der Waals surface area contributed by atoms with Crippen LogP contribution in [0.1, 0.15) is 0 Å². The van der Waals surface area contributed by atoms with Gasteiger partial charge in [-0.1, -0.05) is 30.3 Å². The zero-order valence-electron chi connectivity index (χ0n) is 16.9. The molecule has 156 valence electrons. The summed E-state index contributed by atoms with van der Waals surface area (Å²) < 4.78 is 10.8. The van der Waals surface area contributed by atoms with Gasteiger partial charge in [0.15, 0.2) is 11.5 Å². The molecule has 3 aromatic carbocycles. The van der Waals surface area contributed by atoms with Crippen molar-refractivity contribution >= 4 is 45.8 Å². The average Bonchev–Trinajstić information content (AvgIpc) is 3.22. The number of halogens is 1. The number of anilines is 2. The first-order chi connectivity index (χ1) is 14.7. The Morgan fingerprint density at radius 1 is 0.839 bits per heavy atom. The van der Waals surface area contributed by atoms with Gasteiger partial charge in [0.1, 0.15) is 18.0 Å². The highest BCUT2D eigenvalue weighted by atomic mass is 35.5. The second-order valence-corrected chi connectivity index (χ2v) is 6.75. The molecule has 0 unspecified atom stereocenters. The monoisotopic (exact) mass is 433 g/mol. The highest BCUT2D eigenvalue weighted by molar-refractivity contribution is 5.94. The fourth-order valence-electron chi connectivity index (χ4n) is 3.44. The number of nitrogens with zero attached hydrogens (tertiary/aromatic N) is 3. The predicted octanol–water partition coefficient (Wildman–Crippen LogP) is 5.36. The lowest BCUT2D eigenvalue weighted by atomic mass is 10.2. The first-order valence-corrected chi connectivity index (χ1v) is 9.44. The first-order valence-electron chi connectivity index (χ1n) is 9.44. The molecule has 5 rings (SSSR count). The van der Waals surface area contributed by atoms with E-state index in [0.717, 1.165) is 39.0 Å². The van der Waals surface area contributed by atoms with E-state index in [4.69, 9.17) is 14.5 Å². The SMILES string of the molecule is COc1cc2ncnc(Nc3ccc4[nH]c(-c5ccccc5)nc4c3)c2cc1OC.Cl. The second-order valence-electron chi connectivity index (χ2n) is 6.75. The lowest BCUT2D eigenvalue weighted by Gasteiger charge is -2.12. The maximum absolute atomic E-state index is 5.43. The number of imidazole rings is 1. The fourth-order valence-corrected chi connectivity index (χ4v) is 3.44. The van der Waals surface area contributed by atoms with E-state index < -0.39 is 0 Å². The molecule has 0 atom stereocenters. The Balaban J connectivity index is 0.00000231. The number of ether oxygens (including phenoxy) is 2. The van der Waals surface area contributed by atoms with Gasteiger partial charge in [-0.3, -0.25) is 0 Å². The van der Waals surface area contributed by atoms with Crippen molar-refractivity contribution in [2.24, 2.45) is 0 Å². The molecular formula is C23H20ClN5O2. The van der Waals surface area contributed by atoms with E-state index in [1.165, 1.54) is 6.33 Å². The summed E-state index contributed by atoms with van der Waals surface area (Å²) >= 11 is 0. The number of H-pyrrole nitrogens is 1. The van der Waals surface area contributed by atoms with Crippen molar-refractivity contribution in [2.45, 2.75) is 0 Å². The molecule has 31 heavy (non-hydrogen) atoms. The molecule has 5 aromatic rings. The summed E-state index contributed by atoms with van der Waals surface area (Å²) in [6.45, 7) is 0. The average molecular weight is 434 g/mol. The Labute approximate surface area is 184 Å². The number of nitrogens with one attached hydrogen (secondary N) is 2.